The van der Waals surface area contributed by atoms with Crippen molar-refractivity contribution in [2.24, 2.45) is 0 Å². The lowest BCUT2D eigenvalue weighted by molar-refractivity contribution is 0.174. The molecule has 0 unspecified atom stereocenters. The second-order valence-electron chi connectivity index (χ2n) is 5.90. The number of rotatable bonds is 3. The highest BCUT2D eigenvalue weighted by Gasteiger charge is 2.21. The molecule has 0 radical (unpaired) electrons. The van der Waals surface area contributed by atoms with Crippen LogP contribution in [-0.4, -0.2) is 19.9 Å². The van der Waals surface area contributed by atoms with Crippen LogP contribution < -0.4 is 19.5 Å². The van der Waals surface area contributed by atoms with Crippen molar-refractivity contribution in [3.8, 4) is 17.2 Å². The van der Waals surface area contributed by atoms with E-state index in [2.05, 4.69) is 5.32 Å². The summed E-state index contributed by atoms with van der Waals surface area (Å²) >= 11 is 0. The Kier molecular flexibility index (Phi) is 4.09. The summed E-state index contributed by atoms with van der Waals surface area (Å²) in [6.45, 7) is 1.94. The second-order valence-corrected chi connectivity index (χ2v) is 5.90. The van der Waals surface area contributed by atoms with Crippen molar-refractivity contribution in [2.75, 3.05) is 19.9 Å². The quantitative estimate of drug-likeness (QED) is 0.875. The van der Waals surface area contributed by atoms with Crippen molar-refractivity contribution in [3.05, 3.63) is 65.7 Å². The van der Waals surface area contributed by atoms with Crippen LogP contribution in [0.5, 0.6) is 17.2 Å². The zero-order valence-corrected chi connectivity index (χ0v) is 13.1. The molecule has 0 aromatic heterocycles. The van der Waals surface area contributed by atoms with E-state index in [-0.39, 0.29) is 18.5 Å². The van der Waals surface area contributed by atoms with Crippen LogP contribution in [0.15, 0.2) is 54.3 Å². The van der Waals surface area contributed by atoms with Gasteiger partial charge >= 0.3 is 0 Å². The van der Waals surface area contributed by atoms with E-state index in [1.807, 2.05) is 30.3 Å². The molecule has 1 N–H and O–H groups in total. The second kappa shape index (κ2) is 6.53. The number of nitrogens with one attached hydrogen (secondary N) is 1. The van der Waals surface area contributed by atoms with Crippen LogP contribution in [0, 0.1) is 5.82 Å². The van der Waals surface area contributed by atoms with E-state index in [1.165, 1.54) is 12.1 Å². The van der Waals surface area contributed by atoms with Crippen molar-refractivity contribution < 1.29 is 18.6 Å². The third-order valence-electron chi connectivity index (χ3n) is 4.35. The number of hydrogen-bond donors (Lipinski definition) is 1. The highest BCUT2D eigenvalue weighted by atomic mass is 19.1. The lowest BCUT2D eigenvalue weighted by Crippen LogP contribution is -2.29. The Balaban J connectivity index is 1.54. The largest absolute Gasteiger partial charge is 0.465 e. The first kappa shape index (κ1) is 15.0. The Morgan fingerprint density at radius 3 is 2.79 bits per heavy atom. The maximum absolute atomic E-state index is 13.2. The molecule has 0 spiro atoms. The van der Waals surface area contributed by atoms with Gasteiger partial charge in [0.15, 0.2) is 11.5 Å². The van der Waals surface area contributed by atoms with E-state index in [4.69, 9.17) is 14.2 Å². The Morgan fingerprint density at radius 1 is 1.08 bits per heavy atom. The molecular formula is C19H18FNO3. The Hall–Kier alpha value is -2.53. The van der Waals surface area contributed by atoms with Crippen molar-refractivity contribution in [1.29, 1.82) is 0 Å². The van der Waals surface area contributed by atoms with E-state index in [9.17, 15) is 4.39 Å². The molecule has 4 nitrogen and oxygen atoms in total. The van der Waals surface area contributed by atoms with Gasteiger partial charge in [-0.2, -0.15) is 0 Å². The summed E-state index contributed by atoms with van der Waals surface area (Å²) in [5.41, 5.74) is 2.25. The predicted molar refractivity (Wildman–Crippen MR) is 87.9 cm³/mol. The minimum absolute atomic E-state index is 0.213. The first-order valence-corrected chi connectivity index (χ1v) is 8.01. The van der Waals surface area contributed by atoms with Crippen LogP contribution in [-0.2, 0) is 0 Å². The van der Waals surface area contributed by atoms with Gasteiger partial charge in [-0.15, -0.1) is 0 Å². The molecule has 2 aliphatic heterocycles. The third-order valence-corrected chi connectivity index (χ3v) is 4.35. The van der Waals surface area contributed by atoms with Gasteiger partial charge in [0, 0.05) is 18.5 Å². The van der Waals surface area contributed by atoms with E-state index < -0.39 is 0 Å². The normalized spacial score (nSPS) is 21.0. The zero-order valence-electron chi connectivity index (χ0n) is 13.1. The molecule has 1 fully saturated rings. The lowest BCUT2D eigenvalue weighted by atomic mass is 9.86. The number of fused-ring (bicyclic) bond motifs is 1. The summed E-state index contributed by atoms with van der Waals surface area (Å²) in [5.74, 6) is 2.16. The summed E-state index contributed by atoms with van der Waals surface area (Å²) in [6, 6.07) is 12.2. The Labute approximate surface area is 139 Å². The van der Waals surface area contributed by atoms with Gasteiger partial charge in [-0.05, 0) is 48.4 Å². The van der Waals surface area contributed by atoms with Crippen LogP contribution in [0.2, 0.25) is 0 Å². The fourth-order valence-electron chi connectivity index (χ4n) is 3.08. The summed E-state index contributed by atoms with van der Waals surface area (Å²) in [7, 11) is 0. The Bertz CT molecular complexity index is 758. The molecule has 1 atom stereocenters. The van der Waals surface area contributed by atoms with E-state index in [0.29, 0.717) is 11.5 Å². The van der Waals surface area contributed by atoms with Crippen molar-refractivity contribution in [3.63, 3.8) is 0 Å². The molecule has 0 bridgehead atoms. The van der Waals surface area contributed by atoms with Crippen molar-refractivity contribution >= 4 is 0 Å². The van der Waals surface area contributed by atoms with Gasteiger partial charge in [0.2, 0.25) is 6.79 Å². The number of halogens is 1. The molecule has 2 aromatic rings. The smallest absolute Gasteiger partial charge is 0.231 e. The summed E-state index contributed by atoms with van der Waals surface area (Å²) in [5, 5.41) is 3.36. The average molecular weight is 327 g/mol. The number of piperidine rings is 1. The monoisotopic (exact) mass is 327 g/mol. The summed E-state index contributed by atoms with van der Waals surface area (Å²) in [4.78, 5) is 0. The Morgan fingerprint density at radius 2 is 1.92 bits per heavy atom. The van der Waals surface area contributed by atoms with E-state index >= 15 is 0 Å². The van der Waals surface area contributed by atoms with Crippen molar-refractivity contribution in [1.82, 2.24) is 5.32 Å². The summed E-state index contributed by atoms with van der Waals surface area (Å²) < 4.78 is 29.7. The van der Waals surface area contributed by atoms with Gasteiger partial charge in [-0.1, -0.05) is 12.1 Å². The minimum atomic E-state index is -0.213. The third kappa shape index (κ3) is 3.08. The van der Waals surface area contributed by atoms with Gasteiger partial charge in [0.1, 0.15) is 11.6 Å². The molecule has 0 aliphatic carbocycles. The molecule has 0 saturated carbocycles. The average Bonchev–Trinajstić information content (AvgIpc) is 3.09. The minimum Gasteiger partial charge on any atom is -0.465 e. The lowest BCUT2D eigenvalue weighted by Gasteiger charge is -2.26. The van der Waals surface area contributed by atoms with Gasteiger partial charge < -0.3 is 19.5 Å². The maximum atomic E-state index is 13.2. The molecule has 2 aromatic carbocycles. The predicted octanol–water partition coefficient (Wildman–Crippen LogP) is 3.59. The van der Waals surface area contributed by atoms with E-state index in [1.54, 1.807) is 6.26 Å². The highest BCUT2D eigenvalue weighted by molar-refractivity contribution is 5.47. The van der Waals surface area contributed by atoms with Gasteiger partial charge in [-0.3, -0.25) is 0 Å². The van der Waals surface area contributed by atoms with Crippen LogP contribution in [0.4, 0.5) is 4.39 Å². The molecule has 1 saturated heterocycles. The number of ether oxygens (including phenoxy) is 3. The van der Waals surface area contributed by atoms with Crippen LogP contribution in [0.1, 0.15) is 17.9 Å². The molecule has 2 heterocycles. The molecular weight excluding hydrogens is 309 g/mol. The fourth-order valence-corrected chi connectivity index (χ4v) is 3.08. The first-order chi connectivity index (χ1) is 11.8. The van der Waals surface area contributed by atoms with Crippen LogP contribution in [0.25, 0.3) is 0 Å². The summed E-state index contributed by atoms with van der Waals surface area (Å²) in [6.07, 6.45) is 2.75. The van der Waals surface area contributed by atoms with E-state index in [0.717, 1.165) is 36.4 Å². The fraction of sp³-hybridized carbons (Fsp3) is 0.263. The zero-order chi connectivity index (χ0) is 16.4. The van der Waals surface area contributed by atoms with Gasteiger partial charge in [0.05, 0.1) is 6.26 Å². The molecule has 2 aliphatic rings. The number of hydrogen-bond acceptors (Lipinski definition) is 4. The first-order valence-electron chi connectivity index (χ1n) is 8.01. The van der Waals surface area contributed by atoms with Gasteiger partial charge in [-0.25, -0.2) is 4.39 Å². The van der Waals surface area contributed by atoms with Crippen LogP contribution in [0.3, 0.4) is 0 Å². The van der Waals surface area contributed by atoms with Crippen molar-refractivity contribution in [2.45, 2.75) is 12.3 Å². The maximum Gasteiger partial charge on any atom is 0.231 e. The number of benzene rings is 2. The molecule has 0 amide bonds. The molecule has 24 heavy (non-hydrogen) atoms. The standard InChI is InChI=1S/C19H18FNO3/c20-15-3-1-13(2-4-15)17-7-8-21-10-14(17)11-22-16-5-6-18-19(9-16)24-12-23-18/h1-6,9,11,17,21H,7-8,10,12H2/b14-11-/t17-/m0/s1. The molecule has 5 heteroatoms. The van der Waals surface area contributed by atoms with Crippen LogP contribution >= 0.6 is 0 Å². The topological polar surface area (TPSA) is 39.7 Å². The molecule has 124 valence electrons. The molecule has 4 rings (SSSR count). The SMILES string of the molecule is Fc1ccc([C@@H]2CCNC/C2=C/Oc2ccc3c(c2)OCO3)cc1. The highest BCUT2D eigenvalue weighted by Crippen LogP contribution is 2.36. The van der Waals surface area contributed by atoms with Gasteiger partial charge in [0.25, 0.3) is 0 Å².